The van der Waals surface area contributed by atoms with Crippen LogP contribution in [-0.4, -0.2) is 48.1 Å². The SMILES string of the molecule is CC(=O)CC[C@H]1CN(c2ccc(N3C4CSCC3C4)c(F)c2)C(=O)O1. The quantitative estimate of drug-likeness (QED) is 0.803. The summed E-state index contributed by atoms with van der Waals surface area (Å²) in [6.45, 7) is 1.88. The lowest BCUT2D eigenvalue weighted by Crippen LogP contribution is -2.62. The van der Waals surface area contributed by atoms with Gasteiger partial charge in [-0.15, -0.1) is 0 Å². The molecule has 0 aliphatic carbocycles. The van der Waals surface area contributed by atoms with E-state index in [2.05, 4.69) is 4.90 Å². The molecule has 0 radical (unpaired) electrons. The maximum absolute atomic E-state index is 14.7. The van der Waals surface area contributed by atoms with Gasteiger partial charge in [-0.3, -0.25) is 4.90 Å². The minimum atomic E-state index is -0.474. The highest BCUT2D eigenvalue weighted by Crippen LogP contribution is 2.42. The van der Waals surface area contributed by atoms with Crippen molar-refractivity contribution in [2.75, 3.05) is 27.9 Å². The van der Waals surface area contributed by atoms with Crippen molar-refractivity contribution in [1.82, 2.24) is 0 Å². The number of carbonyl (C=O) groups excluding carboxylic acids is 2. The summed E-state index contributed by atoms with van der Waals surface area (Å²) in [5.41, 5.74) is 1.14. The van der Waals surface area contributed by atoms with Gasteiger partial charge in [-0.05, 0) is 38.0 Å². The maximum Gasteiger partial charge on any atom is 0.414 e. The molecule has 3 atom stereocenters. The van der Waals surface area contributed by atoms with Crippen LogP contribution in [0, 0.1) is 5.82 Å². The van der Waals surface area contributed by atoms with Crippen LogP contribution in [0.5, 0.6) is 0 Å². The van der Waals surface area contributed by atoms with Crippen molar-refractivity contribution in [3.05, 3.63) is 24.0 Å². The largest absolute Gasteiger partial charge is 0.444 e. The van der Waals surface area contributed by atoms with E-state index in [1.54, 1.807) is 12.1 Å². The summed E-state index contributed by atoms with van der Waals surface area (Å²) >= 11 is 1.93. The lowest BCUT2D eigenvalue weighted by atomic mass is 9.93. The van der Waals surface area contributed by atoms with E-state index in [1.807, 2.05) is 11.8 Å². The summed E-state index contributed by atoms with van der Waals surface area (Å²) in [5, 5.41) is 0. The van der Waals surface area contributed by atoms with Crippen molar-refractivity contribution in [3.63, 3.8) is 0 Å². The Kier molecular flexibility index (Phi) is 4.35. The molecular formula is C18H21FN2O3S. The van der Waals surface area contributed by atoms with Crippen molar-refractivity contribution in [2.45, 2.75) is 44.4 Å². The number of nitrogens with zero attached hydrogens (tertiary/aromatic N) is 2. The first-order valence-electron chi connectivity index (χ1n) is 8.66. The number of halogens is 1. The molecule has 3 aliphatic rings. The molecule has 2 unspecified atom stereocenters. The second-order valence-corrected chi connectivity index (χ2v) is 8.06. The molecule has 3 fully saturated rings. The first-order valence-corrected chi connectivity index (χ1v) is 9.81. The van der Waals surface area contributed by atoms with Crippen molar-refractivity contribution in [1.29, 1.82) is 0 Å². The Morgan fingerprint density at radius 2 is 2.12 bits per heavy atom. The second-order valence-electron chi connectivity index (χ2n) is 6.98. The zero-order chi connectivity index (χ0) is 17.6. The van der Waals surface area contributed by atoms with Crippen molar-refractivity contribution in [2.24, 2.45) is 0 Å². The lowest BCUT2D eigenvalue weighted by molar-refractivity contribution is -0.117. The van der Waals surface area contributed by atoms with Gasteiger partial charge in [0.15, 0.2) is 0 Å². The summed E-state index contributed by atoms with van der Waals surface area (Å²) in [6, 6.07) is 5.84. The fourth-order valence-corrected chi connectivity index (χ4v) is 5.13. The minimum absolute atomic E-state index is 0.0724. The zero-order valence-corrected chi connectivity index (χ0v) is 14.9. The molecule has 1 aromatic rings. The number of amides is 1. The summed E-state index contributed by atoms with van der Waals surface area (Å²) < 4.78 is 20.0. The Morgan fingerprint density at radius 3 is 2.76 bits per heavy atom. The van der Waals surface area contributed by atoms with Crippen LogP contribution in [0.1, 0.15) is 26.2 Å². The van der Waals surface area contributed by atoms with Crippen LogP contribution < -0.4 is 9.80 Å². The number of thioether (sulfide) groups is 1. The predicted molar refractivity (Wildman–Crippen MR) is 95.9 cm³/mol. The third-order valence-electron chi connectivity index (χ3n) is 5.16. The molecule has 0 aromatic heterocycles. The Bertz CT molecular complexity index is 700. The van der Waals surface area contributed by atoms with Crippen LogP contribution in [0.3, 0.4) is 0 Å². The number of hydrogen-bond acceptors (Lipinski definition) is 5. The van der Waals surface area contributed by atoms with Gasteiger partial charge in [0.2, 0.25) is 0 Å². The fourth-order valence-electron chi connectivity index (χ4n) is 3.85. The van der Waals surface area contributed by atoms with Crippen LogP contribution in [-0.2, 0) is 9.53 Å². The molecule has 1 amide bonds. The average molecular weight is 364 g/mol. The molecular weight excluding hydrogens is 343 g/mol. The molecule has 2 bridgehead atoms. The molecule has 0 N–H and O–H groups in total. The van der Waals surface area contributed by atoms with Crippen molar-refractivity contribution in [3.8, 4) is 0 Å². The van der Waals surface area contributed by atoms with Gasteiger partial charge in [0, 0.05) is 30.0 Å². The number of cyclic esters (lactones) is 1. The number of Topliss-reactive ketones (excluding diaryl/α,β-unsaturated/α-hetero) is 1. The fraction of sp³-hybridized carbons (Fsp3) is 0.556. The van der Waals surface area contributed by atoms with Gasteiger partial charge in [0.1, 0.15) is 17.7 Å². The first-order chi connectivity index (χ1) is 12.0. The van der Waals surface area contributed by atoms with E-state index in [1.165, 1.54) is 17.9 Å². The molecule has 0 spiro atoms. The number of carbonyl (C=O) groups is 2. The van der Waals surface area contributed by atoms with Gasteiger partial charge in [-0.1, -0.05) is 0 Å². The normalized spacial score (nSPS) is 27.9. The Balaban J connectivity index is 1.47. The lowest BCUT2D eigenvalue weighted by Gasteiger charge is -2.54. The molecule has 4 rings (SSSR count). The maximum atomic E-state index is 14.7. The van der Waals surface area contributed by atoms with E-state index in [-0.39, 0.29) is 17.7 Å². The highest BCUT2D eigenvalue weighted by Gasteiger charge is 2.43. The molecule has 3 saturated heterocycles. The molecule has 1 aromatic carbocycles. The third kappa shape index (κ3) is 3.10. The van der Waals surface area contributed by atoms with Crippen LogP contribution in [0.4, 0.5) is 20.6 Å². The number of rotatable bonds is 5. The van der Waals surface area contributed by atoms with Crippen molar-refractivity contribution < 1.29 is 18.7 Å². The predicted octanol–water partition coefficient (Wildman–Crippen LogP) is 3.21. The standard InChI is InChI=1S/C18H21FN2O3S/c1-11(22)2-4-15-8-20(18(23)24-15)12-3-5-17(16(19)7-12)21-13-6-14(21)10-25-9-13/h3,5,7,13-15H,2,4,6,8-10H2,1H3/t13?,14?,15-/m0/s1. The third-order valence-corrected chi connectivity index (χ3v) is 6.41. The summed E-state index contributed by atoms with van der Waals surface area (Å²) in [4.78, 5) is 26.8. The molecule has 134 valence electrons. The monoisotopic (exact) mass is 364 g/mol. The van der Waals surface area contributed by atoms with Gasteiger partial charge in [-0.2, -0.15) is 11.8 Å². The summed E-state index contributed by atoms with van der Waals surface area (Å²) in [5.74, 6) is 1.88. The van der Waals surface area contributed by atoms with Gasteiger partial charge in [0.25, 0.3) is 0 Å². The topological polar surface area (TPSA) is 49.9 Å². The smallest absolute Gasteiger partial charge is 0.414 e. The Morgan fingerprint density at radius 1 is 1.36 bits per heavy atom. The van der Waals surface area contributed by atoms with Crippen LogP contribution in [0.25, 0.3) is 0 Å². The van der Waals surface area contributed by atoms with Gasteiger partial charge < -0.3 is 14.4 Å². The Labute approximate surface area is 150 Å². The van der Waals surface area contributed by atoms with Gasteiger partial charge in [0.05, 0.1) is 17.9 Å². The molecule has 3 heterocycles. The summed E-state index contributed by atoms with van der Waals surface area (Å²) in [7, 11) is 0. The number of fused-ring (bicyclic) bond motifs is 2. The molecule has 3 aliphatic heterocycles. The minimum Gasteiger partial charge on any atom is -0.444 e. The Hall–Kier alpha value is -1.76. The number of benzene rings is 1. The van der Waals surface area contributed by atoms with E-state index in [0.29, 0.717) is 42.8 Å². The van der Waals surface area contributed by atoms with E-state index in [9.17, 15) is 14.0 Å². The molecule has 25 heavy (non-hydrogen) atoms. The van der Waals surface area contributed by atoms with Crippen molar-refractivity contribution >= 4 is 35.0 Å². The number of anilines is 2. The van der Waals surface area contributed by atoms with Gasteiger partial charge in [-0.25, -0.2) is 9.18 Å². The van der Waals surface area contributed by atoms with E-state index >= 15 is 0 Å². The number of ether oxygens (including phenoxy) is 1. The second kappa shape index (κ2) is 6.52. The van der Waals surface area contributed by atoms with E-state index < -0.39 is 6.09 Å². The van der Waals surface area contributed by atoms with E-state index in [0.717, 1.165) is 17.9 Å². The average Bonchev–Trinajstić information content (AvgIpc) is 2.96. The highest BCUT2D eigenvalue weighted by atomic mass is 32.2. The zero-order valence-electron chi connectivity index (χ0n) is 14.1. The number of hydrogen-bond donors (Lipinski definition) is 0. The number of ketones is 1. The summed E-state index contributed by atoms with van der Waals surface area (Å²) in [6.07, 6.45) is 1.25. The first kappa shape index (κ1) is 16.7. The van der Waals surface area contributed by atoms with Crippen LogP contribution >= 0.6 is 11.8 Å². The van der Waals surface area contributed by atoms with E-state index in [4.69, 9.17) is 4.74 Å². The highest BCUT2D eigenvalue weighted by molar-refractivity contribution is 7.99. The molecule has 5 nitrogen and oxygen atoms in total. The van der Waals surface area contributed by atoms with Gasteiger partial charge >= 0.3 is 6.09 Å². The van der Waals surface area contributed by atoms with Crippen LogP contribution in [0.2, 0.25) is 0 Å². The molecule has 7 heteroatoms. The molecule has 0 saturated carbocycles. The van der Waals surface area contributed by atoms with Crippen LogP contribution in [0.15, 0.2) is 18.2 Å².